The van der Waals surface area contributed by atoms with Crippen molar-refractivity contribution in [3.8, 4) is 0 Å². The summed E-state index contributed by atoms with van der Waals surface area (Å²) in [6.45, 7) is 1.72. The molecule has 0 fully saturated rings. The Balaban J connectivity index is 2.98. The number of nitrogens with two attached hydrogens (primary N) is 1. The summed E-state index contributed by atoms with van der Waals surface area (Å²) >= 11 is 0. The Morgan fingerprint density at radius 1 is 1.44 bits per heavy atom. The first-order valence-corrected chi connectivity index (χ1v) is 6.57. The number of nitro groups is 1. The van der Waals surface area contributed by atoms with E-state index in [1.165, 1.54) is 25.1 Å². The minimum atomic E-state index is -3.76. The van der Waals surface area contributed by atoms with Crippen LogP contribution >= 0.6 is 0 Å². The fourth-order valence-electron chi connectivity index (χ4n) is 1.31. The maximum atomic E-state index is 11.5. The average molecular weight is 274 g/mol. The molecule has 0 saturated carbocycles. The van der Waals surface area contributed by atoms with Gasteiger partial charge in [-0.3, -0.25) is 14.8 Å². The van der Waals surface area contributed by atoms with Crippen molar-refractivity contribution >= 4 is 21.6 Å². The highest BCUT2D eigenvalue weighted by Crippen LogP contribution is 2.25. The van der Waals surface area contributed by atoms with Crippen LogP contribution in [0.3, 0.4) is 0 Å². The predicted octanol–water partition coefficient (Wildman–Crippen LogP) is 0.108. The smallest absolute Gasteiger partial charge is 0.299 e. The molecule has 0 aliphatic heterocycles. The van der Waals surface area contributed by atoms with Gasteiger partial charge in [0.1, 0.15) is 0 Å². The Hall–Kier alpha value is -1.71. The number of nitrogens with zero attached hydrogens (tertiary/aromatic N) is 1. The molecule has 1 rings (SSSR count). The third-order valence-electron chi connectivity index (χ3n) is 2.18. The lowest BCUT2D eigenvalue weighted by Gasteiger charge is -2.10. The second kappa shape index (κ2) is 5.76. The normalized spacial score (nSPS) is 11.2. The van der Waals surface area contributed by atoms with Gasteiger partial charge < -0.3 is 5.73 Å². The third kappa shape index (κ3) is 3.65. The largest absolute Gasteiger partial charge is 0.329 e. The number of anilines is 1. The standard InChI is InChI=1S/C9H14N4O4S/c1-7-8(3-2-4-9(7)13(14)15)12-18(16,17)11-6-5-10/h2-4,11-12H,5-6,10H2,1H3. The van der Waals surface area contributed by atoms with Crippen LogP contribution in [-0.4, -0.2) is 26.4 Å². The number of benzene rings is 1. The van der Waals surface area contributed by atoms with Crippen LogP contribution < -0.4 is 15.2 Å². The molecule has 1 aromatic rings. The second-order valence-corrected chi connectivity index (χ2v) is 4.99. The van der Waals surface area contributed by atoms with E-state index >= 15 is 0 Å². The second-order valence-electron chi connectivity index (χ2n) is 3.50. The molecule has 8 nitrogen and oxygen atoms in total. The maximum absolute atomic E-state index is 11.5. The summed E-state index contributed by atoms with van der Waals surface area (Å²) in [6.07, 6.45) is 0. The summed E-state index contributed by atoms with van der Waals surface area (Å²) in [5.74, 6) is 0. The van der Waals surface area contributed by atoms with Crippen molar-refractivity contribution in [3.05, 3.63) is 33.9 Å². The van der Waals surface area contributed by atoms with Gasteiger partial charge in [0.2, 0.25) is 0 Å². The summed E-state index contributed by atoms with van der Waals surface area (Å²) in [7, 11) is -3.76. The van der Waals surface area contributed by atoms with E-state index in [0.717, 1.165) is 0 Å². The molecule has 0 spiro atoms. The molecular weight excluding hydrogens is 260 g/mol. The van der Waals surface area contributed by atoms with Gasteiger partial charge in [-0.1, -0.05) is 6.07 Å². The molecule has 1 aromatic carbocycles. The Morgan fingerprint density at radius 3 is 2.67 bits per heavy atom. The van der Waals surface area contributed by atoms with E-state index in [4.69, 9.17) is 5.73 Å². The molecule has 0 aromatic heterocycles. The van der Waals surface area contributed by atoms with Crippen LogP contribution in [0.4, 0.5) is 11.4 Å². The van der Waals surface area contributed by atoms with Gasteiger partial charge in [-0.05, 0) is 13.0 Å². The quantitative estimate of drug-likeness (QED) is 0.501. The van der Waals surface area contributed by atoms with E-state index in [1.54, 1.807) is 0 Å². The Labute approximate surface area is 105 Å². The number of hydrogen-bond donors (Lipinski definition) is 3. The predicted molar refractivity (Wildman–Crippen MR) is 67.4 cm³/mol. The lowest BCUT2D eigenvalue weighted by atomic mass is 10.2. The molecule has 0 heterocycles. The van der Waals surface area contributed by atoms with Gasteiger partial charge in [0.15, 0.2) is 0 Å². The summed E-state index contributed by atoms with van der Waals surface area (Å²) in [4.78, 5) is 10.1. The van der Waals surface area contributed by atoms with Crippen molar-refractivity contribution in [1.82, 2.24) is 4.72 Å². The highest BCUT2D eigenvalue weighted by Gasteiger charge is 2.16. The fraction of sp³-hybridized carbons (Fsp3) is 0.333. The van der Waals surface area contributed by atoms with Crippen LogP contribution in [0.25, 0.3) is 0 Å². The first-order valence-electron chi connectivity index (χ1n) is 5.09. The molecule has 0 amide bonds. The van der Waals surface area contributed by atoms with Gasteiger partial charge in [0, 0.05) is 19.2 Å². The number of nitrogens with one attached hydrogen (secondary N) is 2. The highest BCUT2D eigenvalue weighted by molar-refractivity contribution is 7.90. The zero-order chi connectivity index (χ0) is 13.8. The molecule has 9 heteroatoms. The maximum Gasteiger partial charge on any atom is 0.299 e. The SMILES string of the molecule is Cc1c(NS(=O)(=O)NCCN)cccc1[N+](=O)[O-]. The molecule has 0 unspecified atom stereocenters. The Bertz CT molecular complexity index is 543. The Kier molecular flexibility index (Phi) is 4.59. The van der Waals surface area contributed by atoms with Crippen LogP contribution in [0.5, 0.6) is 0 Å². The lowest BCUT2D eigenvalue weighted by Crippen LogP contribution is -2.34. The average Bonchev–Trinajstić information content (AvgIpc) is 2.29. The zero-order valence-corrected chi connectivity index (χ0v) is 10.5. The third-order valence-corrected chi connectivity index (χ3v) is 3.26. The van der Waals surface area contributed by atoms with E-state index in [-0.39, 0.29) is 30.0 Å². The van der Waals surface area contributed by atoms with E-state index in [1.807, 2.05) is 0 Å². The van der Waals surface area contributed by atoms with Crippen molar-refractivity contribution < 1.29 is 13.3 Å². The molecule has 0 radical (unpaired) electrons. The molecule has 18 heavy (non-hydrogen) atoms. The minimum Gasteiger partial charge on any atom is -0.329 e. The van der Waals surface area contributed by atoms with Crippen LogP contribution in [0.15, 0.2) is 18.2 Å². The zero-order valence-electron chi connectivity index (χ0n) is 9.71. The fourth-order valence-corrected chi connectivity index (χ4v) is 2.28. The first-order chi connectivity index (χ1) is 8.37. The van der Waals surface area contributed by atoms with Crippen LogP contribution in [0.1, 0.15) is 5.56 Å². The van der Waals surface area contributed by atoms with Crippen molar-refractivity contribution in [2.75, 3.05) is 17.8 Å². The molecule has 0 bridgehead atoms. The number of rotatable bonds is 6. The van der Waals surface area contributed by atoms with Gasteiger partial charge in [-0.25, -0.2) is 0 Å². The molecule has 4 N–H and O–H groups in total. The molecule has 0 aliphatic carbocycles. The van der Waals surface area contributed by atoms with E-state index in [0.29, 0.717) is 0 Å². The summed E-state index contributed by atoms with van der Waals surface area (Å²) in [5, 5.41) is 10.7. The van der Waals surface area contributed by atoms with Crippen molar-refractivity contribution in [1.29, 1.82) is 0 Å². The van der Waals surface area contributed by atoms with Gasteiger partial charge in [0.25, 0.3) is 15.9 Å². The monoisotopic (exact) mass is 274 g/mol. The summed E-state index contributed by atoms with van der Waals surface area (Å²) in [6, 6.07) is 4.16. The van der Waals surface area contributed by atoms with E-state index < -0.39 is 15.1 Å². The highest BCUT2D eigenvalue weighted by atomic mass is 32.2. The van der Waals surface area contributed by atoms with E-state index in [9.17, 15) is 18.5 Å². The van der Waals surface area contributed by atoms with Crippen molar-refractivity contribution in [3.63, 3.8) is 0 Å². The van der Waals surface area contributed by atoms with Crippen LogP contribution in [0, 0.1) is 17.0 Å². The topological polar surface area (TPSA) is 127 Å². The van der Waals surface area contributed by atoms with E-state index in [2.05, 4.69) is 9.44 Å². The van der Waals surface area contributed by atoms with Gasteiger partial charge in [0.05, 0.1) is 16.2 Å². The summed E-state index contributed by atoms with van der Waals surface area (Å²) < 4.78 is 27.5. The number of nitro benzene ring substituents is 1. The van der Waals surface area contributed by atoms with Crippen LogP contribution in [-0.2, 0) is 10.2 Å². The van der Waals surface area contributed by atoms with Crippen molar-refractivity contribution in [2.45, 2.75) is 6.92 Å². The van der Waals surface area contributed by atoms with Crippen molar-refractivity contribution in [2.24, 2.45) is 5.73 Å². The Morgan fingerprint density at radius 2 is 2.11 bits per heavy atom. The summed E-state index contributed by atoms with van der Waals surface area (Å²) in [5.41, 5.74) is 5.45. The van der Waals surface area contributed by atoms with Crippen LogP contribution in [0.2, 0.25) is 0 Å². The van der Waals surface area contributed by atoms with Gasteiger partial charge in [-0.15, -0.1) is 0 Å². The first kappa shape index (κ1) is 14.4. The molecule has 0 aliphatic rings. The molecule has 0 saturated heterocycles. The molecular formula is C9H14N4O4S. The minimum absolute atomic E-state index is 0.0866. The molecule has 0 atom stereocenters. The van der Waals surface area contributed by atoms with Gasteiger partial charge in [-0.2, -0.15) is 13.1 Å². The number of hydrogen-bond acceptors (Lipinski definition) is 5. The molecule has 100 valence electrons. The van der Waals surface area contributed by atoms with Gasteiger partial charge >= 0.3 is 0 Å². The lowest BCUT2D eigenvalue weighted by molar-refractivity contribution is -0.385.